The Kier molecular flexibility index (Phi) is 9.60. The highest BCUT2D eigenvalue weighted by Gasteiger charge is 2.09. The van der Waals surface area contributed by atoms with Crippen molar-refractivity contribution in [2.45, 2.75) is 71.1 Å². The maximum Gasteiger partial charge on any atom is 0.305 e. The van der Waals surface area contributed by atoms with Gasteiger partial charge in [-0.3, -0.25) is 4.79 Å². The Labute approximate surface area is 129 Å². The third-order valence-electron chi connectivity index (χ3n) is 3.91. The summed E-state index contributed by atoms with van der Waals surface area (Å²) in [5.74, 6) is 0.360. The van der Waals surface area contributed by atoms with E-state index in [2.05, 4.69) is 26.0 Å². The van der Waals surface area contributed by atoms with Crippen LogP contribution in [0.25, 0.3) is 0 Å². The van der Waals surface area contributed by atoms with Crippen molar-refractivity contribution >= 4 is 5.97 Å². The Morgan fingerprint density at radius 1 is 1.05 bits per heavy atom. The second-order valence-electron chi connectivity index (χ2n) is 5.84. The summed E-state index contributed by atoms with van der Waals surface area (Å²) in [7, 11) is 0. The van der Waals surface area contributed by atoms with Crippen molar-refractivity contribution in [1.82, 2.24) is 0 Å². The zero-order valence-electron chi connectivity index (χ0n) is 13.6. The van der Waals surface area contributed by atoms with Crippen LogP contribution in [0.3, 0.4) is 0 Å². The quantitative estimate of drug-likeness (QED) is 0.399. The van der Waals surface area contributed by atoms with Crippen LogP contribution >= 0.6 is 0 Å². The van der Waals surface area contributed by atoms with E-state index in [1.165, 1.54) is 37.7 Å². The highest BCUT2D eigenvalue weighted by Crippen LogP contribution is 2.20. The minimum atomic E-state index is -0.0497. The molecule has 1 aromatic carbocycles. The summed E-state index contributed by atoms with van der Waals surface area (Å²) in [6, 6.07) is 10.3. The first kappa shape index (κ1) is 17.7. The summed E-state index contributed by atoms with van der Waals surface area (Å²) < 4.78 is 5.30. The van der Waals surface area contributed by atoms with Crippen LogP contribution in [-0.2, 0) is 9.53 Å². The molecule has 21 heavy (non-hydrogen) atoms. The Morgan fingerprint density at radius 2 is 1.71 bits per heavy atom. The maximum absolute atomic E-state index is 11.7. The fourth-order valence-electron chi connectivity index (χ4n) is 2.42. The van der Waals surface area contributed by atoms with E-state index in [1.54, 1.807) is 0 Å². The average Bonchev–Trinajstić information content (AvgIpc) is 2.52. The zero-order valence-corrected chi connectivity index (χ0v) is 13.6. The molecule has 0 spiro atoms. The number of esters is 1. The highest BCUT2D eigenvalue weighted by molar-refractivity contribution is 5.69. The van der Waals surface area contributed by atoms with Crippen LogP contribution in [0.15, 0.2) is 30.3 Å². The third-order valence-corrected chi connectivity index (χ3v) is 3.91. The highest BCUT2D eigenvalue weighted by atomic mass is 16.5. The number of rotatable bonds is 11. The average molecular weight is 290 g/mol. The summed E-state index contributed by atoms with van der Waals surface area (Å²) in [6.45, 7) is 4.97. The first-order valence-electron chi connectivity index (χ1n) is 8.44. The summed E-state index contributed by atoms with van der Waals surface area (Å²) in [5.41, 5.74) is 1.29. The van der Waals surface area contributed by atoms with Crippen LogP contribution in [0.4, 0.5) is 0 Å². The van der Waals surface area contributed by atoms with Gasteiger partial charge in [0.2, 0.25) is 0 Å². The van der Waals surface area contributed by atoms with Crippen LogP contribution in [0.2, 0.25) is 0 Å². The standard InChI is InChI=1S/C19H30O2/c1-3-4-5-6-7-11-16-21-19(20)15-14-17(2)18-12-9-8-10-13-18/h8-10,12-13,17H,3-7,11,14-16H2,1-2H3. The van der Waals surface area contributed by atoms with Gasteiger partial charge in [0, 0.05) is 6.42 Å². The fourth-order valence-corrected chi connectivity index (χ4v) is 2.42. The van der Waals surface area contributed by atoms with E-state index in [4.69, 9.17) is 4.74 Å². The summed E-state index contributed by atoms with van der Waals surface area (Å²) in [6.07, 6.45) is 8.71. The molecule has 0 radical (unpaired) electrons. The van der Waals surface area contributed by atoms with Crippen LogP contribution in [0, 0.1) is 0 Å². The number of ether oxygens (including phenoxy) is 1. The zero-order chi connectivity index (χ0) is 15.3. The molecule has 1 unspecified atom stereocenters. The lowest BCUT2D eigenvalue weighted by atomic mass is 9.96. The Hall–Kier alpha value is -1.31. The first-order valence-corrected chi connectivity index (χ1v) is 8.44. The van der Waals surface area contributed by atoms with Gasteiger partial charge in [0.1, 0.15) is 0 Å². The predicted molar refractivity (Wildman–Crippen MR) is 88.4 cm³/mol. The van der Waals surface area contributed by atoms with Crippen molar-refractivity contribution in [3.63, 3.8) is 0 Å². The van der Waals surface area contributed by atoms with Crippen LogP contribution < -0.4 is 0 Å². The Balaban J connectivity index is 2.03. The molecule has 0 aliphatic rings. The van der Waals surface area contributed by atoms with Gasteiger partial charge >= 0.3 is 5.97 Å². The van der Waals surface area contributed by atoms with E-state index in [-0.39, 0.29) is 5.97 Å². The van der Waals surface area contributed by atoms with Crippen LogP contribution in [0.5, 0.6) is 0 Å². The van der Waals surface area contributed by atoms with Crippen molar-refractivity contribution in [3.8, 4) is 0 Å². The second-order valence-corrected chi connectivity index (χ2v) is 5.84. The normalized spacial score (nSPS) is 12.1. The number of hydrogen-bond donors (Lipinski definition) is 0. The van der Waals surface area contributed by atoms with Gasteiger partial charge in [0.25, 0.3) is 0 Å². The molecule has 118 valence electrons. The first-order chi connectivity index (χ1) is 10.2. The summed E-state index contributed by atoms with van der Waals surface area (Å²) >= 11 is 0. The van der Waals surface area contributed by atoms with E-state index in [9.17, 15) is 4.79 Å². The minimum Gasteiger partial charge on any atom is -0.466 e. The molecule has 0 aliphatic heterocycles. The molecule has 1 rings (SSSR count). The largest absolute Gasteiger partial charge is 0.466 e. The number of unbranched alkanes of at least 4 members (excludes halogenated alkanes) is 5. The van der Waals surface area contributed by atoms with Crippen molar-refractivity contribution in [2.24, 2.45) is 0 Å². The molecule has 1 atom stereocenters. The van der Waals surface area contributed by atoms with Gasteiger partial charge in [-0.2, -0.15) is 0 Å². The van der Waals surface area contributed by atoms with Gasteiger partial charge in [-0.25, -0.2) is 0 Å². The fraction of sp³-hybridized carbons (Fsp3) is 0.632. The minimum absolute atomic E-state index is 0.0497. The summed E-state index contributed by atoms with van der Waals surface area (Å²) in [4.78, 5) is 11.7. The van der Waals surface area contributed by atoms with Gasteiger partial charge in [-0.05, 0) is 24.3 Å². The van der Waals surface area contributed by atoms with Crippen LogP contribution in [0.1, 0.15) is 76.7 Å². The van der Waals surface area contributed by atoms with E-state index in [0.717, 1.165) is 12.8 Å². The lowest BCUT2D eigenvalue weighted by Crippen LogP contribution is -2.07. The second kappa shape index (κ2) is 11.4. The van der Waals surface area contributed by atoms with Crippen molar-refractivity contribution in [1.29, 1.82) is 0 Å². The van der Waals surface area contributed by atoms with E-state index >= 15 is 0 Å². The molecule has 0 aromatic heterocycles. The van der Waals surface area contributed by atoms with E-state index < -0.39 is 0 Å². The van der Waals surface area contributed by atoms with Gasteiger partial charge in [0.05, 0.1) is 6.61 Å². The van der Waals surface area contributed by atoms with Gasteiger partial charge in [-0.15, -0.1) is 0 Å². The number of hydrogen-bond acceptors (Lipinski definition) is 2. The summed E-state index contributed by atoms with van der Waals surface area (Å²) in [5, 5.41) is 0. The molecule has 0 amide bonds. The lowest BCUT2D eigenvalue weighted by molar-refractivity contribution is -0.144. The number of carbonyl (C=O) groups is 1. The molecule has 0 heterocycles. The van der Waals surface area contributed by atoms with E-state index in [0.29, 0.717) is 18.9 Å². The molecule has 0 aliphatic carbocycles. The molecule has 0 saturated carbocycles. The van der Waals surface area contributed by atoms with Gasteiger partial charge in [-0.1, -0.05) is 76.3 Å². The SMILES string of the molecule is CCCCCCCCOC(=O)CCC(C)c1ccccc1. The van der Waals surface area contributed by atoms with E-state index in [1.807, 2.05) is 18.2 Å². The number of benzene rings is 1. The van der Waals surface area contributed by atoms with Gasteiger partial charge < -0.3 is 4.74 Å². The van der Waals surface area contributed by atoms with Crippen molar-refractivity contribution in [3.05, 3.63) is 35.9 Å². The molecule has 0 bridgehead atoms. The molecular formula is C19H30O2. The lowest BCUT2D eigenvalue weighted by Gasteiger charge is -2.11. The smallest absolute Gasteiger partial charge is 0.305 e. The Bertz CT molecular complexity index is 372. The molecule has 0 saturated heterocycles. The molecular weight excluding hydrogens is 260 g/mol. The Morgan fingerprint density at radius 3 is 2.43 bits per heavy atom. The topological polar surface area (TPSA) is 26.3 Å². The molecule has 2 nitrogen and oxygen atoms in total. The predicted octanol–water partition coefficient (Wildman–Crippen LogP) is 5.47. The van der Waals surface area contributed by atoms with Crippen LogP contribution in [-0.4, -0.2) is 12.6 Å². The molecule has 1 aromatic rings. The van der Waals surface area contributed by atoms with Crippen molar-refractivity contribution in [2.75, 3.05) is 6.61 Å². The van der Waals surface area contributed by atoms with Gasteiger partial charge in [0.15, 0.2) is 0 Å². The monoisotopic (exact) mass is 290 g/mol. The van der Waals surface area contributed by atoms with Crippen molar-refractivity contribution < 1.29 is 9.53 Å². The third kappa shape index (κ3) is 8.54. The molecule has 0 N–H and O–H groups in total. The molecule has 0 fully saturated rings. The maximum atomic E-state index is 11.7. The number of carbonyl (C=O) groups excluding carboxylic acids is 1. The molecule has 2 heteroatoms.